The van der Waals surface area contributed by atoms with Crippen LogP contribution in [-0.4, -0.2) is 12.2 Å². The van der Waals surface area contributed by atoms with Crippen LogP contribution >= 0.6 is 0 Å². The Bertz CT molecular complexity index is 610. The predicted octanol–water partition coefficient (Wildman–Crippen LogP) is 4.12. The number of rotatable bonds is 5. The van der Waals surface area contributed by atoms with Gasteiger partial charge in [0.2, 0.25) is 0 Å². The lowest BCUT2D eigenvalue weighted by Crippen LogP contribution is -2.23. The molecule has 0 aromatic heterocycles. The number of phenols is 1. The first-order chi connectivity index (χ1) is 10.0. The zero-order valence-corrected chi connectivity index (χ0v) is 13.1. The highest BCUT2D eigenvalue weighted by Gasteiger charge is 2.16. The third-order valence-electron chi connectivity index (χ3n) is 3.75. The van der Waals surface area contributed by atoms with Gasteiger partial charge in [0.15, 0.2) is 0 Å². The average Bonchev–Trinajstić information content (AvgIpc) is 2.49. The maximum atomic E-state index is 10.0. The van der Waals surface area contributed by atoms with E-state index in [4.69, 9.17) is 4.74 Å². The molecule has 21 heavy (non-hydrogen) atoms. The summed E-state index contributed by atoms with van der Waals surface area (Å²) >= 11 is 0. The summed E-state index contributed by atoms with van der Waals surface area (Å²) in [6, 6.07) is 13.8. The van der Waals surface area contributed by atoms with Gasteiger partial charge in [-0.3, -0.25) is 0 Å². The monoisotopic (exact) mass is 285 g/mol. The minimum absolute atomic E-state index is 0.0461. The molecule has 2 N–H and O–H groups in total. The van der Waals surface area contributed by atoms with E-state index in [0.29, 0.717) is 5.75 Å². The number of aromatic hydroxyl groups is 1. The molecular formula is C18H23NO2. The van der Waals surface area contributed by atoms with Gasteiger partial charge in [0.25, 0.3) is 0 Å². The summed E-state index contributed by atoms with van der Waals surface area (Å²) in [5.41, 5.74) is 3.16. The van der Waals surface area contributed by atoms with Crippen molar-refractivity contribution in [3.05, 3.63) is 59.2 Å². The quantitative estimate of drug-likeness (QED) is 0.868. The number of hydrogen-bond donors (Lipinski definition) is 2. The smallest absolute Gasteiger partial charge is 0.123 e. The molecule has 3 nitrogen and oxygen atoms in total. The highest BCUT2D eigenvalue weighted by Crippen LogP contribution is 2.30. The van der Waals surface area contributed by atoms with E-state index in [-0.39, 0.29) is 12.1 Å². The van der Waals surface area contributed by atoms with Gasteiger partial charge in [-0.2, -0.15) is 0 Å². The number of para-hydroxylation sites is 1. The van der Waals surface area contributed by atoms with Crippen molar-refractivity contribution in [1.82, 2.24) is 5.32 Å². The Hall–Kier alpha value is -2.00. The Morgan fingerprint density at radius 1 is 1.00 bits per heavy atom. The fourth-order valence-corrected chi connectivity index (χ4v) is 2.60. The van der Waals surface area contributed by atoms with Crippen LogP contribution in [0.25, 0.3) is 0 Å². The zero-order chi connectivity index (χ0) is 15.4. The Labute approximate surface area is 126 Å². The van der Waals surface area contributed by atoms with Crippen molar-refractivity contribution in [2.24, 2.45) is 0 Å². The minimum Gasteiger partial charge on any atom is -0.508 e. The van der Waals surface area contributed by atoms with Gasteiger partial charge in [-0.15, -0.1) is 0 Å². The van der Waals surface area contributed by atoms with Crippen LogP contribution in [0.4, 0.5) is 0 Å². The molecule has 0 aliphatic rings. The van der Waals surface area contributed by atoms with E-state index in [9.17, 15) is 5.11 Å². The molecule has 1 unspecified atom stereocenters. The molecule has 0 amide bonds. The normalized spacial score (nSPS) is 13.7. The van der Waals surface area contributed by atoms with Crippen LogP contribution in [0.2, 0.25) is 0 Å². The molecule has 0 heterocycles. The molecular weight excluding hydrogens is 262 g/mol. The molecule has 0 spiro atoms. The first-order valence-electron chi connectivity index (χ1n) is 7.21. The molecule has 0 bridgehead atoms. The lowest BCUT2D eigenvalue weighted by Gasteiger charge is -2.23. The number of phenolic OH excluding ortho intramolecular Hbond substituents is 1. The lowest BCUT2D eigenvalue weighted by molar-refractivity contribution is 0.394. The van der Waals surface area contributed by atoms with Gasteiger partial charge < -0.3 is 15.2 Å². The highest BCUT2D eigenvalue weighted by atomic mass is 16.5. The van der Waals surface area contributed by atoms with Crippen molar-refractivity contribution >= 4 is 0 Å². The van der Waals surface area contributed by atoms with E-state index < -0.39 is 0 Å². The number of aryl methyl sites for hydroxylation is 1. The molecule has 3 heteroatoms. The van der Waals surface area contributed by atoms with Crippen LogP contribution in [0.15, 0.2) is 42.5 Å². The maximum Gasteiger partial charge on any atom is 0.123 e. The molecule has 0 radical (unpaired) electrons. The van der Waals surface area contributed by atoms with Gasteiger partial charge in [-0.05, 0) is 32.9 Å². The second kappa shape index (κ2) is 6.64. The molecule has 0 fully saturated rings. The zero-order valence-electron chi connectivity index (χ0n) is 13.1. The van der Waals surface area contributed by atoms with Gasteiger partial charge in [0.05, 0.1) is 7.11 Å². The molecule has 2 rings (SSSR count). The summed E-state index contributed by atoms with van der Waals surface area (Å²) in [5.74, 6) is 1.20. The van der Waals surface area contributed by atoms with Crippen LogP contribution in [0, 0.1) is 6.92 Å². The van der Waals surface area contributed by atoms with Crippen molar-refractivity contribution in [2.45, 2.75) is 32.9 Å². The molecule has 112 valence electrons. The Morgan fingerprint density at radius 2 is 1.67 bits per heavy atom. The van der Waals surface area contributed by atoms with E-state index in [1.807, 2.05) is 37.3 Å². The van der Waals surface area contributed by atoms with Crippen molar-refractivity contribution < 1.29 is 9.84 Å². The van der Waals surface area contributed by atoms with Gasteiger partial charge in [-0.1, -0.05) is 35.9 Å². The van der Waals surface area contributed by atoms with E-state index in [2.05, 4.69) is 25.2 Å². The van der Waals surface area contributed by atoms with Gasteiger partial charge >= 0.3 is 0 Å². The van der Waals surface area contributed by atoms with Crippen molar-refractivity contribution in [3.8, 4) is 11.5 Å². The third-order valence-corrected chi connectivity index (χ3v) is 3.75. The molecule has 0 aliphatic carbocycles. The number of methoxy groups -OCH3 is 1. The molecule has 0 saturated carbocycles. The minimum atomic E-state index is 0.0461. The summed E-state index contributed by atoms with van der Waals surface area (Å²) < 4.78 is 5.41. The van der Waals surface area contributed by atoms with E-state index in [1.54, 1.807) is 13.2 Å². The number of benzene rings is 2. The Kier molecular flexibility index (Phi) is 4.86. The summed E-state index contributed by atoms with van der Waals surface area (Å²) in [7, 11) is 1.68. The van der Waals surface area contributed by atoms with Crippen LogP contribution < -0.4 is 10.1 Å². The topological polar surface area (TPSA) is 41.5 Å². The molecule has 2 atom stereocenters. The van der Waals surface area contributed by atoms with E-state index in [0.717, 1.165) is 22.4 Å². The second-order valence-electron chi connectivity index (χ2n) is 5.41. The van der Waals surface area contributed by atoms with Crippen molar-refractivity contribution in [1.29, 1.82) is 0 Å². The van der Waals surface area contributed by atoms with E-state index in [1.165, 1.54) is 0 Å². The number of hydrogen-bond acceptors (Lipinski definition) is 3. The van der Waals surface area contributed by atoms with Crippen LogP contribution in [-0.2, 0) is 0 Å². The molecule has 2 aromatic rings. The lowest BCUT2D eigenvalue weighted by atomic mass is 10.0. The van der Waals surface area contributed by atoms with Crippen molar-refractivity contribution in [3.63, 3.8) is 0 Å². The maximum absolute atomic E-state index is 10.0. The third kappa shape index (κ3) is 3.56. The SMILES string of the molecule is COc1ccccc1[C@H](C)NC(C)c1cc(C)ccc1O. The fourth-order valence-electron chi connectivity index (χ4n) is 2.60. The van der Waals surface area contributed by atoms with E-state index >= 15 is 0 Å². The largest absolute Gasteiger partial charge is 0.508 e. The average molecular weight is 285 g/mol. The van der Waals surface area contributed by atoms with Gasteiger partial charge in [0, 0.05) is 23.2 Å². The van der Waals surface area contributed by atoms with Crippen LogP contribution in [0.5, 0.6) is 11.5 Å². The van der Waals surface area contributed by atoms with Crippen LogP contribution in [0.1, 0.15) is 42.6 Å². The second-order valence-corrected chi connectivity index (χ2v) is 5.41. The standard InChI is InChI=1S/C18H23NO2/c1-12-9-10-17(20)16(11-12)14(3)19-13(2)15-7-5-6-8-18(15)21-4/h5-11,13-14,19-20H,1-4H3/t13-,14?/m0/s1. The van der Waals surface area contributed by atoms with Gasteiger partial charge in [-0.25, -0.2) is 0 Å². The number of nitrogens with one attached hydrogen (secondary N) is 1. The fraction of sp³-hybridized carbons (Fsp3) is 0.333. The number of ether oxygens (including phenoxy) is 1. The molecule has 2 aromatic carbocycles. The summed E-state index contributed by atoms with van der Waals surface area (Å²) in [5, 5.41) is 13.5. The summed E-state index contributed by atoms with van der Waals surface area (Å²) in [6.45, 7) is 6.18. The molecule has 0 saturated heterocycles. The molecule has 0 aliphatic heterocycles. The predicted molar refractivity (Wildman–Crippen MR) is 85.8 cm³/mol. The Morgan fingerprint density at radius 3 is 2.38 bits per heavy atom. The summed E-state index contributed by atoms with van der Waals surface area (Å²) in [6.07, 6.45) is 0. The first kappa shape index (κ1) is 15.4. The van der Waals surface area contributed by atoms with Gasteiger partial charge in [0.1, 0.15) is 11.5 Å². The first-order valence-corrected chi connectivity index (χ1v) is 7.21. The van der Waals surface area contributed by atoms with Crippen LogP contribution in [0.3, 0.4) is 0 Å². The van der Waals surface area contributed by atoms with Crippen molar-refractivity contribution in [2.75, 3.05) is 7.11 Å². The highest BCUT2D eigenvalue weighted by molar-refractivity contribution is 5.39. The Balaban J connectivity index is 2.18. The summed E-state index contributed by atoms with van der Waals surface area (Å²) in [4.78, 5) is 0.